The minimum atomic E-state index is -3.47. The summed E-state index contributed by atoms with van der Waals surface area (Å²) in [7, 11) is -3.47. The maximum atomic E-state index is 12.8. The highest BCUT2D eigenvalue weighted by molar-refractivity contribution is 7.98. The molecule has 118 valence electrons. The van der Waals surface area contributed by atoms with E-state index >= 15 is 0 Å². The Morgan fingerprint density at radius 2 is 1.68 bits per heavy atom. The molecule has 3 nitrogen and oxygen atoms in total. The third-order valence-corrected chi connectivity index (χ3v) is 5.44. The number of thioether (sulfide) groups is 1. The van der Waals surface area contributed by atoms with Crippen molar-refractivity contribution in [1.82, 2.24) is 4.72 Å². The fourth-order valence-electron chi connectivity index (χ4n) is 1.99. The van der Waals surface area contributed by atoms with Crippen LogP contribution in [0.3, 0.4) is 0 Å². The lowest BCUT2D eigenvalue weighted by atomic mass is 10.1. The van der Waals surface area contributed by atoms with E-state index in [1.54, 1.807) is 48.2 Å². The van der Waals surface area contributed by atoms with Crippen molar-refractivity contribution in [2.75, 3.05) is 12.8 Å². The van der Waals surface area contributed by atoms with Crippen molar-refractivity contribution in [3.63, 3.8) is 0 Å². The number of nitrogens with one attached hydrogen (secondary N) is 1. The summed E-state index contributed by atoms with van der Waals surface area (Å²) in [5, 5.41) is 0. The van der Waals surface area contributed by atoms with E-state index in [4.69, 9.17) is 0 Å². The molecule has 0 aliphatic carbocycles. The van der Waals surface area contributed by atoms with Crippen molar-refractivity contribution in [3.8, 4) is 0 Å². The molecule has 0 aromatic heterocycles. The molecule has 0 unspecified atom stereocenters. The fourth-order valence-corrected chi connectivity index (χ4v) is 3.47. The zero-order valence-corrected chi connectivity index (χ0v) is 13.9. The van der Waals surface area contributed by atoms with Gasteiger partial charge in [0.1, 0.15) is 5.82 Å². The Labute approximate surface area is 135 Å². The second kappa shape index (κ2) is 7.76. The zero-order valence-electron chi connectivity index (χ0n) is 12.3. The van der Waals surface area contributed by atoms with Crippen LogP contribution in [0.1, 0.15) is 12.0 Å². The average Bonchev–Trinajstić information content (AvgIpc) is 2.53. The molecule has 22 heavy (non-hydrogen) atoms. The van der Waals surface area contributed by atoms with E-state index in [1.807, 2.05) is 6.26 Å². The van der Waals surface area contributed by atoms with Gasteiger partial charge in [0.15, 0.2) is 0 Å². The second-order valence-corrected chi connectivity index (χ2v) is 7.45. The zero-order chi connectivity index (χ0) is 16.0. The quantitative estimate of drug-likeness (QED) is 0.621. The number of rotatable bonds is 7. The number of benzene rings is 2. The highest BCUT2D eigenvalue weighted by Crippen LogP contribution is 2.17. The van der Waals surface area contributed by atoms with Gasteiger partial charge in [-0.15, -0.1) is 11.8 Å². The molecule has 6 heteroatoms. The number of aryl methyl sites for hydroxylation is 1. The Bertz CT molecular complexity index is 698. The van der Waals surface area contributed by atoms with Gasteiger partial charge in [0, 0.05) is 11.4 Å². The average molecular weight is 339 g/mol. The summed E-state index contributed by atoms with van der Waals surface area (Å²) >= 11 is 1.57. The fraction of sp³-hybridized carbons (Fsp3) is 0.250. The van der Waals surface area contributed by atoms with E-state index in [-0.39, 0.29) is 10.7 Å². The topological polar surface area (TPSA) is 46.2 Å². The van der Waals surface area contributed by atoms with E-state index in [0.29, 0.717) is 19.4 Å². The lowest BCUT2D eigenvalue weighted by Crippen LogP contribution is -2.25. The molecule has 0 spiro atoms. The Kier molecular flexibility index (Phi) is 5.99. The molecular weight excluding hydrogens is 321 g/mol. The van der Waals surface area contributed by atoms with Crippen LogP contribution in [-0.4, -0.2) is 21.2 Å². The first-order valence-corrected chi connectivity index (χ1v) is 9.60. The van der Waals surface area contributed by atoms with Crippen LogP contribution in [0.15, 0.2) is 58.3 Å². The van der Waals surface area contributed by atoms with Crippen molar-refractivity contribution in [2.45, 2.75) is 22.6 Å². The van der Waals surface area contributed by atoms with Crippen LogP contribution in [0.25, 0.3) is 0 Å². The first-order chi connectivity index (χ1) is 10.5. The summed E-state index contributed by atoms with van der Waals surface area (Å²) in [4.78, 5) is 1.29. The van der Waals surface area contributed by atoms with Crippen LogP contribution >= 0.6 is 11.8 Å². The molecule has 2 rings (SSSR count). The molecule has 0 aliphatic rings. The monoisotopic (exact) mass is 339 g/mol. The Morgan fingerprint density at radius 3 is 2.27 bits per heavy atom. The Morgan fingerprint density at radius 1 is 1.05 bits per heavy atom. The first kappa shape index (κ1) is 17.0. The maximum absolute atomic E-state index is 12.8. The summed E-state index contributed by atoms with van der Waals surface area (Å²) in [5.41, 5.74) is 0.991. The van der Waals surface area contributed by atoms with Gasteiger partial charge in [0.2, 0.25) is 10.0 Å². The molecular formula is C16H18FNO2S2. The van der Waals surface area contributed by atoms with E-state index in [1.165, 1.54) is 12.1 Å². The van der Waals surface area contributed by atoms with Gasteiger partial charge < -0.3 is 0 Å². The summed E-state index contributed by atoms with van der Waals surface area (Å²) < 4.78 is 39.6. The van der Waals surface area contributed by atoms with Gasteiger partial charge >= 0.3 is 0 Å². The molecule has 0 saturated heterocycles. The number of hydrogen-bond acceptors (Lipinski definition) is 3. The molecule has 0 aliphatic heterocycles. The van der Waals surface area contributed by atoms with Crippen LogP contribution in [0.4, 0.5) is 4.39 Å². The highest BCUT2D eigenvalue weighted by atomic mass is 32.2. The Balaban J connectivity index is 1.85. The van der Waals surface area contributed by atoms with E-state index in [2.05, 4.69) is 4.72 Å². The minimum Gasteiger partial charge on any atom is -0.211 e. The van der Waals surface area contributed by atoms with E-state index in [9.17, 15) is 12.8 Å². The van der Waals surface area contributed by atoms with Gasteiger partial charge in [-0.1, -0.05) is 12.1 Å². The summed E-state index contributed by atoms with van der Waals surface area (Å²) in [5.74, 6) is -0.266. The molecule has 0 fully saturated rings. The molecule has 2 aromatic rings. The number of hydrogen-bond donors (Lipinski definition) is 1. The molecule has 0 heterocycles. The normalized spacial score (nSPS) is 11.5. The predicted octanol–water partition coefficient (Wildman–Crippen LogP) is 3.46. The van der Waals surface area contributed by atoms with Crippen molar-refractivity contribution in [2.24, 2.45) is 0 Å². The summed E-state index contributed by atoms with van der Waals surface area (Å²) in [6.45, 7) is 0.351. The SMILES string of the molecule is CSc1ccc(S(=O)(=O)NCCCc2ccc(F)cc2)cc1. The second-order valence-electron chi connectivity index (χ2n) is 4.80. The van der Waals surface area contributed by atoms with Crippen molar-refractivity contribution < 1.29 is 12.8 Å². The highest BCUT2D eigenvalue weighted by Gasteiger charge is 2.12. The predicted molar refractivity (Wildman–Crippen MR) is 88.1 cm³/mol. The number of sulfonamides is 1. The van der Waals surface area contributed by atoms with Crippen LogP contribution in [0.5, 0.6) is 0 Å². The number of halogens is 1. The van der Waals surface area contributed by atoms with Crippen LogP contribution in [0.2, 0.25) is 0 Å². The smallest absolute Gasteiger partial charge is 0.211 e. The van der Waals surface area contributed by atoms with E-state index in [0.717, 1.165) is 10.5 Å². The summed E-state index contributed by atoms with van der Waals surface area (Å²) in [6.07, 6.45) is 3.30. The van der Waals surface area contributed by atoms with Gasteiger partial charge in [0.25, 0.3) is 0 Å². The first-order valence-electron chi connectivity index (χ1n) is 6.89. The van der Waals surface area contributed by atoms with Gasteiger partial charge in [0.05, 0.1) is 4.90 Å². The van der Waals surface area contributed by atoms with Gasteiger partial charge in [-0.25, -0.2) is 17.5 Å². The molecule has 0 bridgehead atoms. The van der Waals surface area contributed by atoms with Crippen LogP contribution in [-0.2, 0) is 16.4 Å². The molecule has 0 amide bonds. The summed E-state index contributed by atoms with van der Waals surface area (Å²) in [6, 6.07) is 13.0. The molecule has 2 aromatic carbocycles. The lowest BCUT2D eigenvalue weighted by Gasteiger charge is -2.07. The maximum Gasteiger partial charge on any atom is 0.240 e. The van der Waals surface area contributed by atoms with Gasteiger partial charge in [-0.2, -0.15) is 0 Å². The van der Waals surface area contributed by atoms with Crippen LogP contribution in [0, 0.1) is 5.82 Å². The lowest BCUT2D eigenvalue weighted by molar-refractivity contribution is 0.579. The van der Waals surface area contributed by atoms with Crippen molar-refractivity contribution in [3.05, 3.63) is 59.9 Å². The molecule has 0 saturated carbocycles. The van der Waals surface area contributed by atoms with Gasteiger partial charge in [-0.05, 0) is 61.1 Å². The van der Waals surface area contributed by atoms with Crippen molar-refractivity contribution in [1.29, 1.82) is 0 Å². The minimum absolute atomic E-state index is 0.266. The van der Waals surface area contributed by atoms with Crippen LogP contribution < -0.4 is 4.72 Å². The largest absolute Gasteiger partial charge is 0.240 e. The third kappa shape index (κ3) is 4.83. The molecule has 1 N–H and O–H groups in total. The molecule has 0 atom stereocenters. The van der Waals surface area contributed by atoms with E-state index < -0.39 is 10.0 Å². The standard InChI is InChI=1S/C16H18FNO2S2/c1-21-15-8-10-16(11-9-15)22(19,20)18-12-2-3-13-4-6-14(17)7-5-13/h4-11,18H,2-3,12H2,1H3. The third-order valence-electron chi connectivity index (χ3n) is 3.22. The van der Waals surface area contributed by atoms with Gasteiger partial charge in [-0.3, -0.25) is 0 Å². The van der Waals surface area contributed by atoms with Crippen molar-refractivity contribution >= 4 is 21.8 Å². The Hall–Kier alpha value is -1.37. The molecule has 0 radical (unpaired) electrons.